The first-order valence-electron chi connectivity index (χ1n) is 18.9. The summed E-state index contributed by atoms with van der Waals surface area (Å²) in [5.74, 6) is 0. The molecule has 9 aromatic carbocycles. The van der Waals surface area contributed by atoms with Crippen LogP contribution in [0, 0.1) is 6.92 Å². The van der Waals surface area contributed by atoms with Crippen LogP contribution in [0.2, 0.25) is 0 Å². The van der Waals surface area contributed by atoms with Gasteiger partial charge in [0, 0.05) is 17.1 Å². The summed E-state index contributed by atoms with van der Waals surface area (Å²) in [6.45, 7) is 8.97. The number of benzene rings is 9. The third-order valence-corrected chi connectivity index (χ3v) is 10.9. The third-order valence-electron chi connectivity index (χ3n) is 10.9. The largest absolute Gasteiger partial charge is 0.310 e. The van der Waals surface area contributed by atoms with Crippen LogP contribution in [-0.4, -0.2) is 0 Å². The fourth-order valence-corrected chi connectivity index (χ4v) is 8.13. The van der Waals surface area contributed by atoms with Gasteiger partial charge in [-0.2, -0.15) is 0 Å². The van der Waals surface area contributed by atoms with Gasteiger partial charge < -0.3 is 4.90 Å². The summed E-state index contributed by atoms with van der Waals surface area (Å²) in [7, 11) is 0. The SMILES string of the molecule is Cc1ccc(N(c2ccc(C(C)(C)C)cc2)c2ccc3c(c2)c2ccccc2c2c(-c4ccccc4)cc(-c4ccccc4)c(-c4ccccc4)c32)cc1. The molecule has 260 valence electrons. The van der Waals surface area contributed by atoms with Crippen LogP contribution in [0.4, 0.5) is 17.1 Å². The maximum absolute atomic E-state index is 2.43. The average Bonchev–Trinajstić information content (AvgIpc) is 3.22. The second-order valence-corrected chi connectivity index (χ2v) is 15.4. The van der Waals surface area contributed by atoms with Crippen molar-refractivity contribution in [2.24, 2.45) is 0 Å². The van der Waals surface area contributed by atoms with Crippen LogP contribution in [0.1, 0.15) is 31.9 Å². The molecule has 0 saturated carbocycles. The van der Waals surface area contributed by atoms with E-state index in [4.69, 9.17) is 0 Å². The van der Waals surface area contributed by atoms with Crippen LogP contribution in [0.5, 0.6) is 0 Å². The van der Waals surface area contributed by atoms with Crippen molar-refractivity contribution in [2.45, 2.75) is 33.1 Å². The standard InChI is InChI=1S/C53H43N/c1-36-24-28-41(29-25-36)54(42-30-26-40(27-31-42)53(2,3)4)43-32-33-46-49(34-43)44-22-14-15-23-45(44)51-48(38-18-10-6-11-19-38)35-47(37-16-8-5-9-17-37)50(52(46)51)39-20-12-7-13-21-39/h5-35H,1-4H3. The van der Waals surface area contributed by atoms with E-state index in [2.05, 4.69) is 221 Å². The van der Waals surface area contributed by atoms with Gasteiger partial charge in [0.1, 0.15) is 0 Å². The van der Waals surface area contributed by atoms with Gasteiger partial charge in [0.05, 0.1) is 0 Å². The average molecular weight is 694 g/mol. The Morgan fingerprint density at radius 3 is 1.44 bits per heavy atom. The molecule has 0 atom stereocenters. The molecule has 54 heavy (non-hydrogen) atoms. The van der Waals surface area contributed by atoms with E-state index in [9.17, 15) is 0 Å². The molecule has 0 fully saturated rings. The molecule has 0 radical (unpaired) electrons. The highest BCUT2D eigenvalue weighted by Crippen LogP contribution is 2.50. The van der Waals surface area contributed by atoms with E-state index >= 15 is 0 Å². The van der Waals surface area contributed by atoms with Gasteiger partial charge >= 0.3 is 0 Å². The van der Waals surface area contributed by atoms with Gasteiger partial charge in [0.2, 0.25) is 0 Å². The molecule has 9 aromatic rings. The second-order valence-electron chi connectivity index (χ2n) is 15.4. The van der Waals surface area contributed by atoms with Crippen molar-refractivity contribution in [2.75, 3.05) is 4.90 Å². The second kappa shape index (κ2) is 13.5. The molecule has 1 heteroatoms. The minimum absolute atomic E-state index is 0.0732. The Morgan fingerprint density at radius 1 is 0.370 bits per heavy atom. The predicted octanol–water partition coefficient (Wildman–Crippen LogP) is 15.2. The molecule has 1 nitrogen and oxygen atoms in total. The van der Waals surface area contributed by atoms with Crippen LogP contribution in [0.25, 0.3) is 65.7 Å². The fraction of sp³-hybridized carbons (Fsp3) is 0.0943. The lowest BCUT2D eigenvalue weighted by Crippen LogP contribution is -2.13. The van der Waals surface area contributed by atoms with E-state index < -0.39 is 0 Å². The van der Waals surface area contributed by atoms with Gasteiger partial charge in [-0.15, -0.1) is 0 Å². The molecule has 0 unspecified atom stereocenters. The Kier molecular flexibility index (Phi) is 8.36. The lowest BCUT2D eigenvalue weighted by Gasteiger charge is -2.28. The van der Waals surface area contributed by atoms with E-state index in [1.54, 1.807) is 0 Å². The van der Waals surface area contributed by atoms with E-state index in [1.165, 1.54) is 76.8 Å². The fourth-order valence-electron chi connectivity index (χ4n) is 8.13. The van der Waals surface area contributed by atoms with Gasteiger partial charge in [-0.3, -0.25) is 0 Å². The maximum Gasteiger partial charge on any atom is 0.0468 e. The molecule has 0 aromatic heterocycles. The van der Waals surface area contributed by atoms with Crippen molar-refractivity contribution in [1.82, 2.24) is 0 Å². The number of fused-ring (bicyclic) bond motifs is 6. The van der Waals surface area contributed by atoms with E-state index in [0.717, 1.165) is 17.1 Å². The number of hydrogen-bond donors (Lipinski definition) is 0. The Morgan fingerprint density at radius 2 is 0.852 bits per heavy atom. The molecule has 0 N–H and O–H groups in total. The van der Waals surface area contributed by atoms with E-state index in [1.807, 2.05) is 0 Å². The van der Waals surface area contributed by atoms with Crippen molar-refractivity contribution in [1.29, 1.82) is 0 Å². The molecular weight excluding hydrogens is 651 g/mol. The van der Waals surface area contributed by atoms with Crippen molar-refractivity contribution in [3.8, 4) is 33.4 Å². The molecule has 0 aliphatic carbocycles. The third kappa shape index (κ3) is 5.93. The van der Waals surface area contributed by atoms with Gasteiger partial charge in [0.25, 0.3) is 0 Å². The van der Waals surface area contributed by atoms with E-state index in [-0.39, 0.29) is 5.41 Å². The van der Waals surface area contributed by atoms with Crippen molar-refractivity contribution in [3.05, 3.63) is 199 Å². The molecule has 0 heterocycles. The van der Waals surface area contributed by atoms with Crippen molar-refractivity contribution in [3.63, 3.8) is 0 Å². The van der Waals surface area contributed by atoms with Crippen LogP contribution in [0.15, 0.2) is 188 Å². The van der Waals surface area contributed by atoms with Gasteiger partial charge in [-0.05, 0) is 126 Å². The molecule has 0 spiro atoms. The Labute approximate surface area is 318 Å². The Bertz CT molecular complexity index is 2760. The summed E-state index contributed by atoms with van der Waals surface area (Å²) in [6, 6.07) is 69.3. The molecule has 0 aliphatic heterocycles. The lowest BCUT2D eigenvalue weighted by atomic mass is 9.81. The van der Waals surface area contributed by atoms with Gasteiger partial charge in [-0.25, -0.2) is 0 Å². The first kappa shape index (κ1) is 33.4. The zero-order valence-electron chi connectivity index (χ0n) is 31.3. The monoisotopic (exact) mass is 693 g/mol. The summed E-state index contributed by atoms with van der Waals surface area (Å²) < 4.78 is 0. The number of rotatable bonds is 6. The maximum atomic E-state index is 2.43. The first-order valence-corrected chi connectivity index (χ1v) is 18.9. The summed E-state index contributed by atoms with van der Waals surface area (Å²) in [4.78, 5) is 2.40. The zero-order valence-corrected chi connectivity index (χ0v) is 31.3. The zero-order chi connectivity index (χ0) is 36.8. The topological polar surface area (TPSA) is 3.24 Å². The van der Waals surface area contributed by atoms with Crippen LogP contribution in [0.3, 0.4) is 0 Å². The Hall–Kier alpha value is -6.44. The summed E-state index contributed by atoms with van der Waals surface area (Å²) in [5.41, 5.74) is 13.4. The number of aryl methyl sites for hydroxylation is 1. The lowest BCUT2D eigenvalue weighted by molar-refractivity contribution is 0.590. The first-order chi connectivity index (χ1) is 26.3. The normalized spacial score (nSPS) is 11.7. The Balaban J connectivity index is 1.42. The highest BCUT2D eigenvalue weighted by atomic mass is 15.1. The minimum Gasteiger partial charge on any atom is -0.310 e. The number of anilines is 3. The summed E-state index contributed by atoms with van der Waals surface area (Å²) in [6.07, 6.45) is 0. The molecule has 0 bridgehead atoms. The molecule has 0 saturated heterocycles. The number of hydrogen-bond acceptors (Lipinski definition) is 1. The van der Waals surface area contributed by atoms with E-state index in [0.29, 0.717) is 0 Å². The number of nitrogens with zero attached hydrogens (tertiary/aromatic N) is 1. The molecule has 0 aliphatic rings. The minimum atomic E-state index is 0.0732. The van der Waals surface area contributed by atoms with Crippen LogP contribution in [-0.2, 0) is 5.41 Å². The molecule has 0 amide bonds. The summed E-state index contributed by atoms with van der Waals surface area (Å²) >= 11 is 0. The highest BCUT2D eigenvalue weighted by molar-refractivity contribution is 6.33. The predicted molar refractivity (Wildman–Crippen MR) is 233 cm³/mol. The van der Waals surface area contributed by atoms with Crippen LogP contribution >= 0.6 is 0 Å². The van der Waals surface area contributed by atoms with Crippen molar-refractivity contribution >= 4 is 49.4 Å². The van der Waals surface area contributed by atoms with Crippen LogP contribution < -0.4 is 4.90 Å². The van der Waals surface area contributed by atoms with Crippen molar-refractivity contribution < 1.29 is 0 Å². The summed E-state index contributed by atoms with van der Waals surface area (Å²) in [5, 5.41) is 7.54. The van der Waals surface area contributed by atoms with Gasteiger partial charge in [0.15, 0.2) is 0 Å². The smallest absolute Gasteiger partial charge is 0.0468 e. The molecular formula is C53H43N. The van der Waals surface area contributed by atoms with Gasteiger partial charge in [-0.1, -0.05) is 172 Å². The quantitative estimate of drug-likeness (QED) is 0.157. The molecule has 9 rings (SSSR count). The highest BCUT2D eigenvalue weighted by Gasteiger charge is 2.23.